The van der Waals surface area contributed by atoms with Crippen LogP contribution in [0.15, 0.2) is 22.7 Å². The van der Waals surface area contributed by atoms with E-state index in [0.29, 0.717) is 17.2 Å². The first-order valence-electron chi connectivity index (χ1n) is 7.52. The third kappa shape index (κ3) is 2.10. The summed E-state index contributed by atoms with van der Waals surface area (Å²) in [4.78, 5) is 12.5. The van der Waals surface area contributed by atoms with Crippen molar-refractivity contribution in [1.29, 1.82) is 0 Å². The van der Waals surface area contributed by atoms with Crippen LogP contribution in [0.3, 0.4) is 0 Å². The van der Waals surface area contributed by atoms with Crippen molar-refractivity contribution in [3.8, 4) is 0 Å². The van der Waals surface area contributed by atoms with Gasteiger partial charge in [-0.25, -0.2) is 4.79 Å². The highest BCUT2D eigenvalue weighted by Gasteiger charge is 2.62. The Kier molecular flexibility index (Phi) is 3.36. The third-order valence-electron chi connectivity index (χ3n) is 6.20. The van der Waals surface area contributed by atoms with Crippen molar-refractivity contribution < 1.29 is 9.53 Å². The smallest absolute Gasteiger partial charge is 0.340 e. The van der Waals surface area contributed by atoms with Crippen molar-refractivity contribution in [3.05, 3.63) is 28.2 Å². The maximum Gasteiger partial charge on any atom is 0.340 e. The Labute approximate surface area is 134 Å². The summed E-state index contributed by atoms with van der Waals surface area (Å²) in [5.74, 6) is 0.350. The Balaban J connectivity index is 1.82. The van der Waals surface area contributed by atoms with E-state index >= 15 is 0 Å². The van der Waals surface area contributed by atoms with Crippen LogP contribution >= 0.6 is 15.9 Å². The van der Waals surface area contributed by atoms with Crippen molar-refractivity contribution in [2.75, 3.05) is 5.73 Å². The average molecular weight is 352 g/mol. The number of nitrogens with two attached hydrogens (primary N) is 1. The highest BCUT2D eigenvalue weighted by molar-refractivity contribution is 9.10. The fourth-order valence-electron chi connectivity index (χ4n) is 4.21. The molecule has 0 heterocycles. The first kappa shape index (κ1) is 14.9. The molecule has 1 aromatic rings. The normalized spacial score (nSPS) is 33.1. The van der Waals surface area contributed by atoms with Crippen LogP contribution in [-0.4, -0.2) is 12.1 Å². The second-order valence-electron chi connectivity index (χ2n) is 7.24. The second kappa shape index (κ2) is 4.73. The molecule has 0 aliphatic heterocycles. The molecule has 0 amide bonds. The van der Waals surface area contributed by atoms with Crippen LogP contribution in [0.4, 0.5) is 5.69 Å². The SMILES string of the molecule is CC1(C)C2CCC1(C)C(OC(=O)c1cc(Br)ccc1N)C2. The summed E-state index contributed by atoms with van der Waals surface area (Å²) in [5, 5.41) is 0. The minimum atomic E-state index is -0.302. The first-order chi connectivity index (χ1) is 9.75. The van der Waals surface area contributed by atoms with Gasteiger partial charge in [-0.1, -0.05) is 36.7 Å². The maximum atomic E-state index is 12.5. The number of anilines is 1. The Morgan fingerprint density at radius 3 is 2.67 bits per heavy atom. The number of benzene rings is 1. The van der Waals surface area contributed by atoms with Gasteiger partial charge in [0.1, 0.15) is 6.10 Å². The zero-order valence-corrected chi connectivity index (χ0v) is 14.4. The van der Waals surface area contributed by atoms with Gasteiger partial charge in [0.05, 0.1) is 5.56 Å². The van der Waals surface area contributed by atoms with Crippen LogP contribution in [0.2, 0.25) is 0 Å². The van der Waals surface area contributed by atoms with E-state index < -0.39 is 0 Å². The molecule has 3 atom stereocenters. The quantitative estimate of drug-likeness (QED) is 0.634. The van der Waals surface area contributed by atoms with Gasteiger partial charge < -0.3 is 10.5 Å². The summed E-state index contributed by atoms with van der Waals surface area (Å²) in [7, 11) is 0. The van der Waals surface area contributed by atoms with E-state index in [9.17, 15) is 4.79 Å². The lowest BCUT2D eigenvalue weighted by molar-refractivity contribution is -0.0241. The van der Waals surface area contributed by atoms with E-state index in [1.165, 1.54) is 6.42 Å². The molecule has 2 aliphatic rings. The second-order valence-corrected chi connectivity index (χ2v) is 8.15. The minimum absolute atomic E-state index is 0.00266. The van der Waals surface area contributed by atoms with Crippen LogP contribution in [-0.2, 0) is 4.74 Å². The van der Waals surface area contributed by atoms with E-state index in [1.807, 2.05) is 6.07 Å². The lowest BCUT2D eigenvalue weighted by Crippen LogP contribution is -2.38. The standard InChI is InChI=1S/C17H22BrNO2/c1-16(2)10-6-7-17(16,3)14(8-10)21-15(20)12-9-11(18)4-5-13(12)19/h4-5,9-10,14H,6-8,19H2,1-3H3. The molecule has 0 saturated heterocycles. The van der Waals surface area contributed by atoms with Crippen molar-refractivity contribution in [1.82, 2.24) is 0 Å². The van der Waals surface area contributed by atoms with E-state index in [2.05, 4.69) is 36.7 Å². The molecule has 2 aliphatic carbocycles. The Hall–Kier alpha value is -1.03. The summed E-state index contributed by atoms with van der Waals surface area (Å²) in [5.41, 5.74) is 7.14. The predicted molar refractivity (Wildman–Crippen MR) is 87.0 cm³/mol. The molecule has 3 unspecified atom stereocenters. The molecule has 21 heavy (non-hydrogen) atoms. The lowest BCUT2D eigenvalue weighted by Gasteiger charge is -2.38. The van der Waals surface area contributed by atoms with E-state index in [1.54, 1.807) is 12.1 Å². The van der Waals surface area contributed by atoms with Gasteiger partial charge in [0, 0.05) is 15.6 Å². The largest absolute Gasteiger partial charge is 0.458 e. The summed E-state index contributed by atoms with van der Waals surface area (Å²) < 4.78 is 6.70. The van der Waals surface area contributed by atoms with Crippen LogP contribution in [0.5, 0.6) is 0 Å². The highest BCUT2D eigenvalue weighted by Crippen LogP contribution is 2.66. The predicted octanol–water partition coefficient (Wildman–Crippen LogP) is 4.40. The zero-order valence-electron chi connectivity index (χ0n) is 12.8. The van der Waals surface area contributed by atoms with Gasteiger partial charge in [-0.2, -0.15) is 0 Å². The molecule has 2 saturated carbocycles. The number of carbonyl (C=O) groups excluding carboxylic acids is 1. The number of rotatable bonds is 2. The maximum absolute atomic E-state index is 12.5. The highest BCUT2D eigenvalue weighted by atomic mass is 79.9. The molecular weight excluding hydrogens is 330 g/mol. The minimum Gasteiger partial charge on any atom is -0.458 e. The third-order valence-corrected chi connectivity index (χ3v) is 6.69. The van der Waals surface area contributed by atoms with Gasteiger partial charge in [-0.3, -0.25) is 0 Å². The van der Waals surface area contributed by atoms with E-state index in [0.717, 1.165) is 17.3 Å². The lowest BCUT2D eigenvalue weighted by atomic mass is 9.70. The van der Waals surface area contributed by atoms with Crippen molar-refractivity contribution in [3.63, 3.8) is 0 Å². The van der Waals surface area contributed by atoms with Gasteiger partial charge in [0.15, 0.2) is 0 Å². The van der Waals surface area contributed by atoms with Crippen LogP contribution in [0.25, 0.3) is 0 Å². The number of esters is 1. The fraction of sp³-hybridized carbons (Fsp3) is 0.588. The molecule has 1 aromatic carbocycles. The number of carbonyl (C=O) groups is 1. The van der Waals surface area contributed by atoms with E-state index in [4.69, 9.17) is 10.5 Å². The molecule has 2 bridgehead atoms. The molecule has 3 rings (SSSR count). The van der Waals surface area contributed by atoms with Crippen LogP contribution in [0, 0.1) is 16.7 Å². The molecule has 2 fully saturated rings. The number of halogens is 1. The topological polar surface area (TPSA) is 52.3 Å². The van der Waals surface area contributed by atoms with Gasteiger partial charge in [0.2, 0.25) is 0 Å². The van der Waals surface area contributed by atoms with Crippen molar-refractivity contribution in [2.24, 2.45) is 16.7 Å². The molecule has 0 spiro atoms. The molecule has 2 N–H and O–H groups in total. The molecule has 114 valence electrons. The Morgan fingerprint density at radius 1 is 1.38 bits per heavy atom. The number of fused-ring (bicyclic) bond motifs is 2. The van der Waals surface area contributed by atoms with Crippen molar-refractivity contribution in [2.45, 2.75) is 46.1 Å². The number of hydrogen-bond donors (Lipinski definition) is 1. The molecular formula is C17H22BrNO2. The van der Waals surface area contributed by atoms with Crippen LogP contribution < -0.4 is 5.73 Å². The van der Waals surface area contributed by atoms with Gasteiger partial charge in [-0.15, -0.1) is 0 Å². The summed E-state index contributed by atoms with van der Waals surface area (Å²) >= 11 is 3.38. The number of nitrogen functional groups attached to an aromatic ring is 1. The first-order valence-corrected chi connectivity index (χ1v) is 8.31. The monoisotopic (exact) mass is 351 g/mol. The Bertz CT molecular complexity index is 598. The van der Waals surface area contributed by atoms with E-state index in [-0.39, 0.29) is 22.9 Å². The van der Waals surface area contributed by atoms with Gasteiger partial charge in [-0.05, 0) is 48.8 Å². The van der Waals surface area contributed by atoms with Crippen molar-refractivity contribution >= 4 is 27.6 Å². The average Bonchev–Trinajstić information content (AvgIpc) is 2.74. The molecule has 4 heteroatoms. The van der Waals surface area contributed by atoms with Gasteiger partial charge in [0.25, 0.3) is 0 Å². The van der Waals surface area contributed by atoms with Gasteiger partial charge >= 0.3 is 5.97 Å². The fourth-order valence-corrected chi connectivity index (χ4v) is 4.57. The summed E-state index contributed by atoms with van der Waals surface area (Å²) in [6.45, 7) is 6.89. The number of hydrogen-bond acceptors (Lipinski definition) is 3. The summed E-state index contributed by atoms with van der Waals surface area (Å²) in [6.07, 6.45) is 3.35. The molecule has 0 aromatic heterocycles. The summed E-state index contributed by atoms with van der Waals surface area (Å²) in [6, 6.07) is 5.29. The molecule has 3 nitrogen and oxygen atoms in total. The van der Waals surface area contributed by atoms with Crippen LogP contribution in [0.1, 0.15) is 50.4 Å². The Morgan fingerprint density at radius 2 is 2.10 bits per heavy atom. The molecule has 0 radical (unpaired) electrons. The zero-order chi connectivity index (χ0) is 15.4. The number of ether oxygens (including phenoxy) is 1.